The van der Waals surface area contributed by atoms with Gasteiger partial charge < -0.3 is 33.9 Å². The lowest BCUT2D eigenvalue weighted by molar-refractivity contribution is -0.0114. The monoisotopic (exact) mass is 502 g/mol. The summed E-state index contributed by atoms with van der Waals surface area (Å²) in [6.45, 7) is 6.01. The van der Waals surface area contributed by atoms with Crippen LogP contribution in [0.2, 0.25) is 0 Å². The molecule has 0 bridgehead atoms. The fourth-order valence-corrected chi connectivity index (χ4v) is 3.52. The van der Waals surface area contributed by atoms with Gasteiger partial charge in [-0.1, -0.05) is 25.7 Å². The first kappa shape index (κ1) is 31.0. The SMILES string of the molecule is Oc1ccc(O)c(CCCCOCCOCCOCCOCCOCCCCCCCCS)c1. The maximum atomic E-state index is 9.74. The largest absolute Gasteiger partial charge is 0.508 e. The third kappa shape index (κ3) is 19.3. The van der Waals surface area contributed by atoms with E-state index in [2.05, 4.69) is 12.6 Å². The smallest absolute Gasteiger partial charge is 0.119 e. The molecule has 1 rings (SSSR count). The number of aryl methyl sites for hydroxylation is 1. The normalized spacial score (nSPS) is 11.3. The zero-order chi connectivity index (χ0) is 24.5. The van der Waals surface area contributed by atoms with Crippen LogP contribution >= 0.6 is 12.6 Å². The Labute approximate surface area is 211 Å². The zero-order valence-electron chi connectivity index (χ0n) is 20.8. The van der Waals surface area contributed by atoms with E-state index in [0.717, 1.165) is 37.2 Å². The Morgan fingerprint density at radius 1 is 0.529 bits per heavy atom. The fourth-order valence-electron chi connectivity index (χ4n) is 3.30. The average molecular weight is 503 g/mol. The molecule has 0 unspecified atom stereocenters. The molecule has 0 spiro atoms. The van der Waals surface area contributed by atoms with Crippen LogP contribution in [0.25, 0.3) is 0 Å². The van der Waals surface area contributed by atoms with Crippen LogP contribution in [-0.2, 0) is 30.1 Å². The molecular formula is C26H46O7S. The summed E-state index contributed by atoms with van der Waals surface area (Å²) in [6.07, 6.45) is 9.96. The summed E-state index contributed by atoms with van der Waals surface area (Å²) in [6, 6.07) is 4.60. The number of rotatable bonds is 25. The molecule has 0 atom stereocenters. The number of unbranched alkanes of at least 4 members (excludes halogenated alkanes) is 6. The van der Waals surface area contributed by atoms with Gasteiger partial charge in [0.15, 0.2) is 0 Å². The standard InChI is InChI=1S/C26H46O7S/c27-25-10-11-26(28)24(23-25)9-5-7-13-30-15-17-32-19-21-33-20-18-31-16-14-29-12-6-3-1-2-4-8-22-34/h10-11,23,27-28,34H,1-9,12-22H2. The van der Waals surface area contributed by atoms with E-state index in [1.165, 1.54) is 44.2 Å². The number of phenols is 2. The summed E-state index contributed by atoms with van der Waals surface area (Å²) in [7, 11) is 0. The van der Waals surface area contributed by atoms with Gasteiger partial charge >= 0.3 is 0 Å². The minimum absolute atomic E-state index is 0.176. The molecule has 8 heteroatoms. The number of hydrogen-bond donors (Lipinski definition) is 3. The molecule has 0 aromatic heterocycles. The summed E-state index contributed by atoms with van der Waals surface area (Å²) >= 11 is 4.22. The summed E-state index contributed by atoms with van der Waals surface area (Å²) < 4.78 is 27.6. The van der Waals surface area contributed by atoms with Crippen LogP contribution in [0.1, 0.15) is 56.9 Å². The maximum absolute atomic E-state index is 9.74. The van der Waals surface area contributed by atoms with Gasteiger partial charge in [0.2, 0.25) is 0 Å². The molecule has 0 radical (unpaired) electrons. The molecule has 0 saturated heterocycles. The minimum Gasteiger partial charge on any atom is -0.508 e. The summed E-state index contributed by atoms with van der Waals surface area (Å²) in [5.74, 6) is 1.40. The Bertz CT molecular complexity index is 574. The van der Waals surface area contributed by atoms with Crippen LogP contribution in [0.4, 0.5) is 0 Å². The highest BCUT2D eigenvalue weighted by atomic mass is 32.1. The van der Waals surface area contributed by atoms with Gasteiger partial charge in [-0.15, -0.1) is 0 Å². The van der Waals surface area contributed by atoms with Crippen molar-refractivity contribution in [3.8, 4) is 11.5 Å². The lowest BCUT2D eigenvalue weighted by Gasteiger charge is -2.08. The van der Waals surface area contributed by atoms with Crippen molar-refractivity contribution < 1.29 is 33.9 Å². The third-order valence-corrected chi connectivity index (χ3v) is 5.55. The molecule has 0 heterocycles. The van der Waals surface area contributed by atoms with Crippen molar-refractivity contribution in [1.29, 1.82) is 0 Å². The van der Waals surface area contributed by atoms with Crippen LogP contribution < -0.4 is 0 Å². The van der Waals surface area contributed by atoms with Gasteiger partial charge in [-0.05, 0) is 61.6 Å². The van der Waals surface area contributed by atoms with E-state index < -0.39 is 0 Å². The van der Waals surface area contributed by atoms with E-state index in [4.69, 9.17) is 23.7 Å². The molecular weight excluding hydrogens is 456 g/mol. The topological polar surface area (TPSA) is 86.6 Å². The van der Waals surface area contributed by atoms with E-state index in [9.17, 15) is 10.2 Å². The molecule has 0 aliphatic rings. The van der Waals surface area contributed by atoms with Crippen molar-refractivity contribution in [2.45, 2.75) is 57.8 Å². The predicted molar refractivity (Wildman–Crippen MR) is 138 cm³/mol. The zero-order valence-corrected chi connectivity index (χ0v) is 21.7. The number of aromatic hydroxyl groups is 2. The first-order valence-electron chi connectivity index (χ1n) is 12.7. The molecule has 198 valence electrons. The lowest BCUT2D eigenvalue weighted by atomic mass is 10.1. The second-order valence-electron chi connectivity index (χ2n) is 8.18. The third-order valence-electron chi connectivity index (χ3n) is 5.23. The van der Waals surface area contributed by atoms with Gasteiger partial charge in [-0.3, -0.25) is 0 Å². The van der Waals surface area contributed by atoms with Crippen molar-refractivity contribution in [3.63, 3.8) is 0 Å². The van der Waals surface area contributed by atoms with Gasteiger partial charge in [0.1, 0.15) is 11.5 Å². The van der Waals surface area contributed by atoms with E-state index in [-0.39, 0.29) is 11.5 Å². The van der Waals surface area contributed by atoms with E-state index >= 15 is 0 Å². The van der Waals surface area contributed by atoms with E-state index in [0.29, 0.717) is 65.9 Å². The van der Waals surface area contributed by atoms with E-state index in [1.54, 1.807) is 6.07 Å². The van der Waals surface area contributed by atoms with Crippen LogP contribution in [0.3, 0.4) is 0 Å². The Balaban J connectivity index is 1.70. The second-order valence-corrected chi connectivity index (χ2v) is 8.62. The molecule has 0 aliphatic heterocycles. The van der Waals surface area contributed by atoms with Crippen LogP contribution in [-0.4, -0.2) is 82.0 Å². The van der Waals surface area contributed by atoms with Crippen LogP contribution in [0.5, 0.6) is 11.5 Å². The van der Waals surface area contributed by atoms with Crippen molar-refractivity contribution in [2.24, 2.45) is 0 Å². The molecule has 0 saturated carbocycles. The summed E-state index contributed by atoms with van der Waals surface area (Å²) in [5, 5.41) is 19.2. The second kappa shape index (κ2) is 23.7. The number of phenolic OH excluding ortho intramolecular Hbond substituents is 2. The Morgan fingerprint density at radius 2 is 0.971 bits per heavy atom. The number of thiol groups is 1. The highest BCUT2D eigenvalue weighted by Gasteiger charge is 2.02. The Kier molecular flexibility index (Phi) is 21.6. The maximum Gasteiger partial charge on any atom is 0.119 e. The van der Waals surface area contributed by atoms with Crippen LogP contribution in [0, 0.1) is 0 Å². The van der Waals surface area contributed by atoms with Crippen molar-refractivity contribution >= 4 is 12.6 Å². The molecule has 7 nitrogen and oxygen atoms in total. The Morgan fingerprint density at radius 3 is 1.50 bits per heavy atom. The molecule has 34 heavy (non-hydrogen) atoms. The first-order chi connectivity index (χ1) is 16.7. The fraction of sp³-hybridized carbons (Fsp3) is 0.769. The molecule has 0 aliphatic carbocycles. The van der Waals surface area contributed by atoms with Gasteiger partial charge in [-0.2, -0.15) is 12.6 Å². The van der Waals surface area contributed by atoms with Crippen molar-refractivity contribution in [2.75, 3.05) is 71.8 Å². The number of benzene rings is 1. The number of ether oxygens (including phenoxy) is 5. The minimum atomic E-state index is 0.176. The highest BCUT2D eigenvalue weighted by Crippen LogP contribution is 2.23. The Hall–Kier alpha value is -1.03. The average Bonchev–Trinajstić information content (AvgIpc) is 2.84. The lowest BCUT2D eigenvalue weighted by Crippen LogP contribution is -2.13. The van der Waals surface area contributed by atoms with Gasteiger partial charge in [0.25, 0.3) is 0 Å². The molecule has 1 aromatic rings. The summed E-state index contributed by atoms with van der Waals surface area (Å²) in [4.78, 5) is 0. The molecule has 0 amide bonds. The van der Waals surface area contributed by atoms with Crippen molar-refractivity contribution in [1.82, 2.24) is 0 Å². The van der Waals surface area contributed by atoms with Gasteiger partial charge in [0, 0.05) is 13.2 Å². The highest BCUT2D eigenvalue weighted by molar-refractivity contribution is 7.80. The first-order valence-corrected chi connectivity index (χ1v) is 13.4. The van der Waals surface area contributed by atoms with Crippen molar-refractivity contribution in [3.05, 3.63) is 23.8 Å². The predicted octanol–water partition coefficient (Wildman–Crippen LogP) is 4.77. The molecule has 0 fully saturated rings. The molecule has 1 aromatic carbocycles. The quantitative estimate of drug-likeness (QED) is 0.101. The van der Waals surface area contributed by atoms with Gasteiger partial charge in [0.05, 0.1) is 52.9 Å². The van der Waals surface area contributed by atoms with Gasteiger partial charge in [-0.25, -0.2) is 0 Å². The van der Waals surface area contributed by atoms with Crippen LogP contribution in [0.15, 0.2) is 18.2 Å². The summed E-state index contributed by atoms with van der Waals surface area (Å²) in [5.41, 5.74) is 0.763. The molecule has 2 N–H and O–H groups in total. The number of hydrogen-bond acceptors (Lipinski definition) is 8. The van der Waals surface area contributed by atoms with E-state index in [1.807, 2.05) is 0 Å².